The highest BCUT2D eigenvalue weighted by Gasteiger charge is 2.41. The van der Waals surface area contributed by atoms with Gasteiger partial charge in [-0.3, -0.25) is 4.79 Å². The van der Waals surface area contributed by atoms with Gasteiger partial charge >= 0.3 is 0 Å². The van der Waals surface area contributed by atoms with Crippen LogP contribution in [0.3, 0.4) is 0 Å². The fraction of sp³-hybridized carbons (Fsp3) is 0.450. The minimum Gasteiger partial charge on any atom is -0.347 e. The van der Waals surface area contributed by atoms with E-state index in [2.05, 4.69) is 0 Å². The molecule has 4 rings (SSSR count). The topological polar surface area (TPSA) is 43.7 Å². The molecule has 1 amide bonds. The summed E-state index contributed by atoms with van der Waals surface area (Å²) in [5.74, 6) is -0.821. The summed E-state index contributed by atoms with van der Waals surface area (Å²) >= 11 is 0. The Kier molecular flexibility index (Phi) is 4.32. The van der Waals surface area contributed by atoms with Crippen LogP contribution in [0.2, 0.25) is 0 Å². The molecule has 6 heteroatoms. The Morgan fingerprint density at radius 2 is 1.77 bits per heavy atom. The van der Waals surface area contributed by atoms with E-state index in [1.165, 1.54) is 6.07 Å². The number of hydrogen-bond donors (Lipinski definition) is 0. The van der Waals surface area contributed by atoms with Gasteiger partial charge in [-0.2, -0.15) is 0 Å². The Morgan fingerprint density at radius 1 is 1.12 bits per heavy atom. The molecule has 0 radical (unpaired) electrons. The number of rotatable bonds is 2. The van der Waals surface area contributed by atoms with Crippen molar-refractivity contribution in [1.29, 1.82) is 0 Å². The number of hydrogen-bond acceptors (Lipinski definition) is 3. The number of benzene rings is 1. The second kappa shape index (κ2) is 6.52. The van der Waals surface area contributed by atoms with Gasteiger partial charge in [0.05, 0.1) is 24.5 Å². The van der Waals surface area contributed by atoms with Crippen molar-refractivity contribution in [3.63, 3.8) is 0 Å². The van der Waals surface area contributed by atoms with Crippen molar-refractivity contribution in [2.24, 2.45) is 0 Å². The lowest BCUT2D eigenvalue weighted by Gasteiger charge is -2.37. The molecule has 0 atom stereocenters. The molecule has 2 saturated heterocycles. The van der Waals surface area contributed by atoms with Crippen LogP contribution in [-0.4, -0.2) is 47.5 Å². The molecule has 0 aliphatic carbocycles. The number of likely N-dealkylation sites (tertiary alicyclic amines) is 1. The molecule has 0 unspecified atom stereocenters. The van der Waals surface area contributed by atoms with E-state index in [4.69, 9.17) is 9.47 Å². The zero-order valence-electron chi connectivity index (χ0n) is 15.1. The number of piperidine rings is 1. The van der Waals surface area contributed by atoms with Crippen LogP contribution in [-0.2, 0) is 9.47 Å². The number of aryl methyl sites for hydroxylation is 1. The summed E-state index contributed by atoms with van der Waals surface area (Å²) in [6.07, 6.45) is 1.37. The van der Waals surface area contributed by atoms with E-state index < -0.39 is 5.79 Å². The molecule has 2 aromatic rings. The number of nitrogens with zero attached hydrogens (tertiary/aromatic N) is 2. The van der Waals surface area contributed by atoms with E-state index in [0.29, 0.717) is 50.4 Å². The molecule has 2 aliphatic rings. The van der Waals surface area contributed by atoms with Gasteiger partial charge in [0, 0.05) is 37.3 Å². The molecule has 2 fully saturated rings. The molecule has 2 aliphatic heterocycles. The van der Waals surface area contributed by atoms with Crippen molar-refractivity contribution in [3.8, 4) is 5.69 Å². The van der Waals surface area contributed by atoms with Gasteiger partial charge in [0.25, 0.3) is 5.91 Å². The first kappa shape index (κ1) is 17.2. The van der Waals surface area contributed by atoms with Crippen molar-refractivity contribution in [2.75, 3.05) is 26.3 Å². The quantitative estimate of drug-likeness (QED) is 0.828. The number of para-hydroxylation sites is 1. The number of amides is 1. The lowest BCUT2D eigenvalue weighted by atomic mass is 10.0. The van der Waals surface area contributed by atoms with Crippen LogP contribution in [0.5, 0.6) is 0 Å². The summed E-state index contributed by atoms with van der Waals surface area (Å²) < 4.78 is 27.5. The van der Waals surface area contributed by atoms with Gasteiger partial charge in [0.1, 0.15) is 5.82 Å². The Labute approximate surface area is 152 Å². The predicted octanol–water partition coefficient (Wildman–Crippen LogP) is 3.21. The van der Waals surface area contributed by atoms with E-state index in [1.54, 1.807) is 22.8 Å². The number of carbonyl (C=O) groups is 1. The minimum atomic E-state index is -0.499. The maximum atomic E-state index is 14.2. The standard InChI is InChI=1S/C20H23FN2O3/c1-14-13-16(15(2)23(14)18-6-4-3-5-17(18)21)19(24)22-9-7-20(8-10-22)25-11-12-26-20/h3-6,13H,7-12H2,1-2H3. The van der Waals surface area contributed by atoms with Crippen LogP contribution in [0.4, 0.5) is 4.39 Å². The molecular formula is C20H23FN2O3. The maximum absolute atomic E-state index is 14.2. The summed E-state index contributed by atoms with van der Waals surface area (Å²) in [5.41, 5.74) is 2.68. The molecule has 0 saturated carbocycles. The Morgan fingerprint density at radius 3 is 2.42 bits per heavy atom. The van der Waals surface area contributed by atoms with Crippen molar-refractivity contribution in [2.45, 2.75) is 32.5 Å². The number of carbonyl (C=O) groups excluding carboxylic acids is 1. The van der Waals surface area contributed by atoms with Crippen molar-refractivity contribution < 1.29 is 18.7 Å². The second-order valence-electron chi connectivity index (χ2n) is 6.97. The first-order valence-electron chi connectivity index (χ1n) is 9.02. The molecule has 26 heavy (non-hydrogen) atoms. The molecular weight excluding hydrogens is 335 g/mol. The molecule has 1 aromatic carbocycles. The third-order valence-corrected chi connectivity index (χ3v) is 5.38. The highest BCUT2D eigenvalue weighted by Crippen LogP contribution is 2.32. The monoisotopic (exact) mass is 358 g/mol. The van der Waals surface area contributed by atoms with Crippen molar-refractivity contribution >= 4 is 5.91 Å². The van der Waals surface area contributed by atoms with Crippen LogP contribution >= 0.6 is 0 Å². The highest BCUT2D eigenvalue weighted by atomic mass is 19.1. The fourth-order valence-corrected chi connectivity index (χ4v) is 3.99. The van der Waals surface area contributed by atoms with E-state index >= 15 is 0 Å². The predicted molar refractivity (Wildman–Crippen MR) is 95.0 cm³/mol. The van der Waals surface area contributed by atoms with Gasteiger partial charge in [-0.15, -0.1) is 0 Å². The number of aromatic nitrogens is 1. The Balaban J connectivity index is 1.58. The number of halogens is 1. The summed E-state index contributed by atoms with van der Waals surface area (Å²) in [6, 6.07) is 8.46. The smallest absolute Gasteiger partial charge is 0.255 e. The van der Waals surface area contributed by atoms with Gasteiger partial charge in [-0.05, 0) is 32.0 Å². The zero-order chi connectivity index (χ0) is 18.3. The highest BCUT2D eigenvalue weighted by molar-refractivity contribution is 5.96. The van der Waals surface area contributed by atoms with Gasteiger partial charge in [0.15, 0.2) is 5.79 Å². The van der Waals surface area contributed by atoms with E-state index in [-0.39, 0.29) is 11.7 Å². The number of ether oxygens (including phenoxy) is 2. The lowest BCUT2D eigenvalue weighted by Crippen LogP contribution is -2.47. The van der Waals surface area contributed by atoms with E-state index in [9.17, 15) is 9.18 Å². The maximum Gasteiger partial charge on any atom is 0.255 e. The second-order valence-corrected chi connectivity index (χ2v) is 6.97. The third-order valence-electron chi connectivity index (χ3n) is 5.38. The SMILES string of the molecule is Cc1cc(C(=O)N2CCC3(CC2)OCCO3)c(C)n1-c1ccccc1F. The Bertz CT molecular complexity index is 830. The van der Waals surface area contributed by atoms with Gasteiger partial charge < -0.3 is 18.9 Å². The normalized spacial score (nSPS) is 19.3. The van der Waals surface area contributed by atoms with Crippen LogP contribution in [0.15, 0.2) is 30.3 Å². The van der Waals surface area contributed by atoms with Crippen LogP contribution < -0.4 is 0 Å². The summed E-state index contributed by atoms with van der Waals surface area (Å²) in [6.45, 7) is 6.20. The van der Waals surface area contributed by atoms with Gasteiger partial charge in [-0.25, -0.2) is 4.39 Å². The van der Waals surface area contributed by atoms with Gasteiger partial charge in [0.2, 0.25) is 0 Å². The largest absolute Gasteiger partial charge is 0.347 e. The van der Waals surface area contributed by atoms with Crippen LogP contribution in [0, 0.1) is 19.7 Å². The molecule has 1 aromatic heterocycles. The summed E-state index contributed by atoms with van der Waals surface area (Å²) in [5, 5.41) is 0. The summed E-state index contributed by atoms with van der Waals surface area (Å²) in [4.78, 5) is 14.9. The molecule has 0 bridgehead atoms. The third kappa shape index (κ3) is 2.83. The van der Waals surface area contributed by atoms with E-state index in [0.717, 1.165) is 11.4 Å². The zero-order valence-corrected chi connectivity index (χ0v) is 15.1. The molecule has 0 N–H and O–H groups in total. The van der Waals surface area contributed by atoms with Gasteiger partial charge in [-0.1, -0.05) is 12.1 Å². The lowest BCUT2D eigenvalue weighted by molar-refractivity contribution is -0.181. The average Bonchev–Trinajstić information content (AvgIpc) is 3.20. The fourth-order valence-electron chi connectivity index (χ4n) is 3.99. The average molecular weight is 358 g/mol. The van der Waals surface area contributed by atoms with Crippen LogP contribution in [0.1, 0.15) is 34.6 Å². The minimum absolute atomic E-state index is 0.0199. The first-order valence-corrected chi connectivity index (χ1v) is 9.02. The van der Waals surface area contributed by atoms with Crippen LogP contribution in [0.25, 0.3) is 5.69 Å². The van der Waals surface area contributed by atoms with Crippen molar-refractivity contribution in [1.82, 2.24) is 9.47 Å². The molecule has 3 heterocycles. The first-order chi connectivity index (χ1) is 12.5. The van der Waals surface area contributed by atoms with Crippen molar-refractivity contribution in [3.05, 3.63) is 53.1 Å². The molecule has 5 nitrogen and oxygen atoms in total. The van der Waals surface area contributed by atoms with E-state index in [1.807, 2.05) is 24.8 Å². The molecule has 1 spiro atoms. The Hall–Kier alpha value is -2.18. The molecule has 138 valence electrons. The summed E-state index contributed by atoms with van der Waals surface area (Å²) in [7, 11) is 0.